The van der Waals surface area contributed by atoms with Gasteiger partial charge in [-0.2, -0.15) is 0 Å². The van der Waals surface area contributed by atoms with Crippen LogP contribution < -0.4 is 5.32 Å². The standard InChI is InChI=1S/C18H17F2NO2S/c1-2-8-23-17(24)10-13-9-16(15(20)11-14(13)19)21-18(22)12-6-4-3-5-7-12/h3-7,9,11H,2,8,10H2,1H3,(H,21,22). The Morgan fingerprint density at radius 2 is 1.88 bits per heavy atom. The SMILES string of the molecule is CCCOC(=S)Cc1cc(NC(=O)c2ccccc2)c(F)cc1F. The smallest absolute Gasteiger partial charge is 0.255 e. The van der Waals surface area contributed by atoms with Crippen molar-refractivity contribution in [3.8, 4) is 0 Å². The van der Waals surface area contributed by atoms with Crippen LogP contribution in [-0.4, -0.2) is 17.6 Å². The van der Waals surface area contributed by atoms with Gasteiger partial charge in [0.05, 0.1) is 12.3 Å². The first-order valence-corrected chi connectivity index (χ1v) is 7.92. The number of rotatable bonds is 6. The van der Waals surface area contributed by atoms with Crippen molar-refractivity contribution in [1.82, 2.24) is 0 Å². The molecule has 0 bridgehead atoms. The van der Waals surface area contributed by atoms with Crippen molar-refractivity contribution in [1.29, 1.82) is 0 Å². The third kappa shape index (κ3) is 4.83. The van der Waals surface area contributed by atoms with E-state index in [0.29, 0.717) is 12.2 Å². The van der Waals surface area contributed by atoms with Gasteiger partial charge in [-0.25, -0.2) is 8.78 Å². The Hall–Kier alpha value is -2.34. The monoisotopic (exact) mass is 349 g/mol. The van der Waals surface area contributed by atoms with E-state index < -0.39 is 17.5 Å². The summed E-state index contributed by atoms with van der Waals surface area (Å²) < 4.78 is 33.1. The molecule has 0 radical (unpaired) electrons. The second-order valence-corrected chi connectivity index (χ2v) is 5.60. The molecular weight excluding hydrogens is 332 g/mol. The minimum atomic E-state index is -0.846. The summed E-state index contributed by atoms with van der Waals surface area (Å²) in [5.41, 5.74) is 0.448. The lowest BCUT2D eigenvalue weighted by Gasteiger charge is -2.11. The third-order valence-corrected chi connectivity index (χ3v) is 3.48. The van der Waals surface area contributed by atoms with Crippen LogP contribution in [0.15, 0.2) is 42.5 Å². The molecule has 2 rings (SSSR count). The maximum atomic E-state index is 13.9. The zero-order chi connectivity index (χ0) is 17.5. The van der Waals surface area contributed by atoms with Crippen molar-refractivity contribution in [2.45, 2.75) is 19.8 Å². The van der Waals surface area contributed by atoms with Gasteiger partial charge in [-0.3, -0.25) is 4.79 Å². The fourth-order valence-corrected chi connectivity index (χ4v) is 2.27. The quantitative estimate of drug-likeness (QED) is 0.780. The lowest BCUT2D eigenvalue weighted by atomic mass is 10.1. The molecule has 0 fully saturated rings. The fraction of sp³-hybridized carbons (Fsp3) is 0.222. The summed E-state index contributed by atoms with van der Waals surface area (Å²) in [6, 6.07) is 10.3. The number of carbonyl (C=O) groups is 1. The predicted octanol–water partition coefficient (Wildman–Crippen LogP) is 4.51. The Kier molecular flexibility index (Phi) is 6.37. The van der Waals surface area contributed by atoms with Gasteiger partial charge < -0.3 is 10.1 Å². The molecule has 0 heterocycles. The number of nitrogens with one attached hydrogen (secondary N) is 1. The van der Waals surface area contributed by atoms with E-state index in [1.165, 1.54) is 6.07 Å². The molecule has 0 aliphatic heterocycles. The highest BCUT2D eigenvalue weighted by atomic mass is 32.1. The van der Waals surface area contributed by atoms with Crippen molar-refractivity contribution in [2.75, 3.05) is 11.9 Å². The molecule has 2 aromatic rings. The van der Waals surface area contributed by atoms with Gasteiger partial charge in [-0.1, -0.05) is 25.1 Å². The van der Waals surface area contributed by atoms with Gasteiger partial charge in [0.15, 0.2) is 5.05 Å². The molecule has 126 valence electrons. The normalized spacial score (nSPS) is 10.3. The molecule has 1 amide bonds. The highest BCUT2D eigenvalue weighted by Gasteiger charge is 2.15. The summed E-state index contributed by atoms with van der Waals surface area (Å²) in [7, 11) is 0. The highest BCUT2D eigenvalue weighted by molar-refractivity contribution is 7.80. The van der Waals surface area contributed by atoms with Crippen LogP contribution in [0.1, 0.15) is 29.3 Å². The number of carbonyl (C=O) groups excluding carboxylic acids is 1. The average molecular weight is 349 g/mol. The molecule has 6 heteroatoms. The maximum absolute atomic E-state index is 13.9. The number of thiocarbonyl (C=S) groups is 1. The van der Waals surface area contributed by atoms with Crippen LogP contribution in [0.25, 0.3) is 0 Å². The van der Waals surface area contributed by atoms with E-state index >= 15 is 0 Å². The number of hydrogen-bond acceptors (Lipinski definition) is 3. The van der Waals surface area contributed by atoms with Crippen LogP contribution in [-0.2, 0) is 11.2 Å². The van der Waals surface area contributed by atoms with Crippen molar-refractivity contribution in [3.05, 3.63) is 65.2 Å². The Labute approximate surface area is 144 Å². The third-order valence-electron chi connectivity index (χ3n) is 3.22. The molecule has 0 spiro atoms. The number of hydrogen-bond donors (Lipinski definition) is 1. The van der Waals surface area contributed by atoms with E-state index in [1.54, 1.807) is 30.3 Å². The van der Waals surface area contributed by atoms with Gasteiger partial charge in [0, 0.05) is 18.1 Å². The summed E-state index contributed by atoms with van der Waals surface area (Å²) in [4.78, 5) is 12.1. The van der Waals surface area contributed by atoms with Crippen LogP contribution in [0.2, 0.25) is 0 Å². The minimum Gasteiger partial charge on any atom is -0.487 e. The molecule has 0 aliphatic rings. The molecule has 0 atom stereocenters. The summed E-state index contributed by atoms with van der Waals surface area (Å²) in [5.74, 6) is -2.05. The van der Waals surface area contributed by atoms with E-state index in [1.807, 2.05) is 6.92 Å². The molecule has 0 unspecified atom stereocenters. The van der Waals surface area contributed by atoms with Crippen molar-refractivity contribution in [2.24, 2.45) is 0 Å². The zero-order valence-electron chi connectivity index (χ0n) is 13.1. The fourth-order valence-electron chi connectivity index (χ4n) is 2.03. The van der Waals surface area contributed by atoms with Crippen LogP contribution in [0.5, 0.6) is 0 Å². The number of benzene rings is 2. The van der Waals surface area contributed by atoms with Gasteiger partial charge in [0.25, 0.3) is 5.91 Å². The predicted molar refractivity (Wildman–Crippen MR) is 93.3 cm³/mol. The zero-order valence-corrected chi connectivity index (χ0v) is 14.0. The molecule has 3 nitrogen and oxygen atoms in total. The van der Waals surface area contributed by atoms with Crippen LogP contribution in [0.4, 0.5) is 14.5 Å². The van der Waals surface area contributed by atoms with E-state index in [0.717, 1.165) is 12.5 Å². The Morgan fingerprint density at radius 1 is 1.17 bits per heavy atom. The molecular formula is C18H17F2NO2S. The number of anilines is 1. The van der Waals surface area contributed by atoms with E-state index in [4.69, 9.17) is 17.0 Å². The average Bonchev–Trinajstić information content (AvgIpc) is 2.58. The second kappa shape index (κ2) is 8.49. The molecule has 0 saturated heterocycles. The van der Waals surface area contributed by atoms with Gasteiger partial charge in [-0.05, 0) is 42.4 Å². The van der Waals surface area contributed by atoms with Gasteiger partial charge in [-0.15, -0.1) is 0 Å². The summed E-state index contributed by atoms with van der Waals surface area (Å²) >= 11 is 5.03. The van der Waals surface area contributed by atoms with Gasteiger partial charge in [0.1, 0.15) is 11.6 Å². The molecule has 2 aromatic carbocycles. The Balaban J connectivity index is 2.17. The molecule has 0 saturated carbocycles. The topological polar surface area (TPSA) is 38.3 Å². The first kappa shape index (κ1) is 18.0. The lowest BCUT2D eigenvalue weighted by molar-refractivity contribution is 0.102. The number of halogens is 2. The van der Waals surface area contributed by atoms with E-state index in [9.17, 15) is 13.6 Å². The van der Waals surface area contributed by atoms with E-state index in [-0.39, 0.29) is 22.7 Å². The Bertz CT molecular complexity index is 735. The van der Waals surface area contributed by atoms with E-state index in [2.05, 4.69) is 5.32 Å². The summed E-state index contributed by atoms with van der Waals surface area (Å²) in [6.07, 6.45) is 0.820. The highest BCUT2D eigenvalue weighted by Crippen LogP contribution is 2.21. The number of amides is 1. The second-order valence-electron chi connectivity index (χ2n) is 5.14. The molecule has 1 N–H and O–H groups in total. The minimum absolute atomic E-state index is 0.0374. The largest absolute Gasteiger partial charge is 0.487 e. The summed E-state index contributed by atoms with van der Waals surface area (Å²) in [6.45, 7) is 2.37. The van der Waals surface area contributed by atoms with Gasteiger partial charge in [0.2, 0.25) is 0 Å². The maximum Gasteiger partial charge on any atom is 0.255 e. The first-order valence-electron chi connectivity index (χ1n) is 7.51. The molecule has 0 aromatic heterocycles. The number of ether oxygens (including phenoxy) is 1. The van der Waals surface area contributed by atoms with Crippen LogP contribution in [0.3, 0.4) is 0 Å². The first-order chi connectivity index (χ1) is 11.5. The van der Waals surface area contributed by atoms with Crippen LogP contribution >= 0.6 is 12.2 Å². The molecule has 24 heavy (non-hydrogen) atoms. The van der Waals surface area contributed by atoms with Crippen molar-refractivity contribution >= 4 is 28.9 Å². The van der Waals surface area contributed by atoms with Gasteiger partial charge >= 0.3 is 0 Å². The lowest BCUT2D eigenvalue weighted by Crippen LogP contribution is -2.14. The van der Waals surface area contributed by atoms with Crippen LogP contribution in [0, 0.1) is 11.6 Å². The summed E-state index contributed by atoms with van der Waals surface area (Å²) in [5, 5.41) is 2.67. The van der Waals surface area contributed by atoms with Crippen molar-refractivity contribution < 1.29 is 18.3 Å². The Morgan fingerprint density at radius 3 is 2.54 bits per heavy atom. The van der Waals surface area contributed by atoms with Crippen molar-refractivity contribution in [3.63, 3.8) is 0 Å². The molecule has 0 aliphatic carbocycles.